The van der Waals surface area contributed by atoms with E-state index in [4.69, 9.17) is 4.74 Å². The Morgan fingerprint density at radius 1 is 0.833 bits per heavy atom. The van der Waals surface area contributed by atoms with Crippen LogP contribution in [0.25, 0.3) is 0 Å². The molecule has 0 bridgehead atoms. The molecule has 10 heteroatoms. The van der Waals surface area contributed by atoms with Crippen LogP contribution < -0.4 is 15.5 Å². The van der Waals surface area contributed by atoms with Gasteiger partial charge in [-0.2, -0.15) is 0 Å². The molecule has 10 nitrogen and oxygen atoms in total. The number of nitrogens with zero attached hydrogens (tertiary/aromatic N) is 4. The van der Waals surface area contributed by atoms with Gasteiger partial charge in [-0.3, -0.25) is 9.59 Å². The van der Waals surface area contributed by atoms with Crippen LogP contribution in [0.3, 0.4) is 0 Å². The van der Waals surface area contributed by atoms with Gasteiger partial charge in [0, 0.05) is 76.9 Å². The average molecular weight is 499 g/mol. The minimum atomic E-state index is 0.000317. The molecule has 5 rings (SSSR count). The maximum Gasteiger partial charge on any atom is 0.320 e. The van der Waals surface area contributed by atoms with Crippen molar-refractivity contribution in [2.75, 3.05) is 88.9 Å². The summed E-state index contributed by atoms with van der Waals surface area (Å²) in [6.07, 6.45) is 4.02. The highest BCUT2D eigenvalue weighted by Crippen LogP contribution is 2.32. The van der Waals surface area contributed by atoms with E-state index in [-0.39, 0.29) is 23.8 Å². The third kappa shape index (κ3) is 5.59. The Labute approximate surface area is 212 Å². The number of benzene rings is 1. The zero-order chi connectivity index (χ0) is 24.9. The van der Waals surface area contributed by atoms with Crippen LogP contribution >= 0.6 is 0 Å². The van der Waals surface area contributed by atoms with Gasteiger partial charge in [0.05, 0.1) is 24.6 Å². The number of anilines is 2. The van der Waals surface area contributed by atoms with E-state index in [9.17, 15) is 14.4 Å². The number of piperazine rings is 2. The molecule has 1 aromatic rings. The number of carbonyl (C=O) groups is 3. The average Bonchev–Trinajstić information content (AvgIpc) is 3.49. The van der Waals surface area contributed by atoms with Crippen molar-refractivity contribution in [1.82, 2.24) is 20.0 Å². The van der Waals surface area contributed by atoms with Crippen molar-refractivity contribution in [2.45, 2.75) is 25.7 Å². The molecule has 1 aliphatic carbocycles. The van der Waals surface area contributed by atoms with Gasteiger partial charge in [-0.15, -0.1) is 0 Å². The Morgan fingerprint density at radius 2 is 1.50 bits per heavy atom. The van der Waals surface area contributed by atoms with Gasteiger partial charge in [0.1, 0.15) is 0 Å². The van der Waals surface area contributed by atoms with Crippen LogP contribution in [0.5, 0.6) is 0 Å². The molecule has 2 N–H and O–H groups in total. The smallest absolute Gasteiger partial charge is 0.320 e. The molecule has 0 atom stereocenters. The van der Waals surface area contributed by atoms with E-state index < -0.39 is 0 Å². The molecule has 0 unspecified atom stereocenters. The predicted molar refractivity (Wildman–Crippen MR) is 137 cm³/mol. The topological polar surface area (TPSA) is 97.5 Å². The second-order valence-electron chi connectivity index (χ2n) is 10.1. The molecular weight excluding hydrogens is 460 g/mol. The van der Waals surface area contributed by atoms with Crippen molar-refractivity contribution < 1.29 is 19.1 Å². The molecule has 1 saturated carbocycles. The van der Waals surface area contributed by atoms with E-state index in [2.05, 4.69) is 15.5 Å². The van der Waals surface area contributed by atoms with E-state index in [1.807, 2.05) is 32.9 Å². The summed E-state index contributed by atoms with van der Waals surface area (Å²) in [7, 11) is 0. The van der Waals surface area contributed by atoms with Gasteiger partial charge in [0.15, 0.2) is 0 Å². The Morgan fingerprint density at radius 3 is 2.19 bits per heavy atom. The first-order chi connectivity index (χ1) is 17.6. The third-order valence-electron chi connectivity index (χ3n) is 7.80. The van der Waals surface area contributed by atoms with E-state index in [1.165, 1.54) is 0 Å². The van der Waals surface area contributed by atoms with Gasteiger partial charge in [0.2, 0.25) is 5.91 Å². The summed E-state index contributed by atoms with van der Waals surface area (Å²) >= 11 is 0. The fraction of sp³-hybridized carbons (Fsp3) is 0.654. The van der Waals surface area contributed by atoms with E-state index in [0.717, 1.165) is 44.5 Å². The number of amides is 4. The lowest BCUT2D eigenvalue weighted by Crippen LogP contribution is -2.55. The Kier molecular flexibility index (Phi) is 7.91. The molecule has 3 aliphatic heterocycles. The summed E-state index contributed by atoms with van der Waals surface area (Å²) < 4.78 is 5.37. The first-order valence-corrected chi connectivity index (χ1v) is 13.4. The number of nitrogens with one attached hydrogen (secondary N) is 2. The van der Waals surface area contributed by atoms with Gasteiger partial charge in [-0.1, -0.05) is 12.8 Å². The summed E-state index contributed by atoms with van der Waals surface area (Å²) in [6.45, 7) is 8.00. The van der Waals surface area contributed by atoms with Crippen LogP contribution in [-0.4, -0.2) is 111 Å². The molecule has 0 aromatic heterocycles. The molecule has 3 saturated heterocycles. The number of carbonyl (C=O) groups excluding carboxylic acids is 3. The van der Waals surface area contributed by atoms with Crippen molar-refractivity contribution in [3.05, 3.63) is 23.8 Å². The Bertz CT molecular complexity index is 946. The van der Waals surface area contributed by atoms with Crippen LogP contribution in [0.1, 0.15) is 36.0 Å². The minimum Gasteiger partial charge on any atom is -0.378 e. The fourth-order valence-corrected chi connectivity index (χ4v) is 5.61. The van der Waals surface area contributed by atoms with E-state index >= 15 is 0 Å². The predicted octanol–water partition coefficient (Wildman–Crippen LogP) is 1.43. The van der Waals surface area contributed by atoms with Crippen molar-refractivity contribution in [1.29, 1.82) is 0 Å². The van der Waals surface area contributed by atoms with Crippen LogP contribution in [-0.2, 0) is 9.53 Å². The second kappa shape index (κ2) is 11.5. The quantitative estimate of drug-likeness (QED) is 0.652. The minimum absolute atomic E-state index is 0.000317. The first-order valence-electron chi connectivity index (χ1n) is 13.4. The summed E-state index contributed by atoms with van der Waals surface area (Å²) in [4.78, 5) is 47.0. The van der Waals surface area contributed by atoms with Crippen molar-refractivity contribution in [2.24, 2.45) is 5.92 Å². The van der Waals surface area contributed by atoms with Crippen molar-refractivity contribution in [3.63, 3.8) is 0 Å². The van der Waals surface area contributed by atoms with Gasteiger partial charge in [0.25, 0.3) is 5.91 Å². The summed E-state index contributed by atoms with van der Waals surface area (Å²) in [5.74, 6) is 0.0790. The molecule has 0 radical (unpaired) electrons. The van der Waals surface area contributed by atoms with Crippen LogP contribution in [0, 0.1) is 5.92 Å². The van der Waals surface area contributed by atoms with Gasteiger partial charge < -0.3 is 35.0 Å². The maximum atomic E-state index is 13.2. The maximum absolute atomic E-state index is 13.2. The Hall–Kier alpha value is -2.85. The lowest BCUT2D eigenvalue weighted by atomic mass is 10.1. The lowest BCUT2D eigenvalue weighted by molar-refractivity contribution is -0.119. The number of rotatable bonds is 4. The zero-order valence-electron chi connectivity index (χ0n) is 21.0. The molecule has 1 aromatic carbocycles. The molecule has 4 aliphatic rings. The third-order valence-corrected chi connectivity index (χ3v) is 7.80. The van der Waals surface area contributed by atoms with Crippen LogP contribution in [0.2, 0.25) is 0 Å². The fourth-order valence-electron chi connectivity index (χ4n) is 5.61. The lowest BCUT2D eigenvalue weighted by Gasteiger charge is -2.40. The van der Waals surface area contributed by atoms with Crippen LogP contribution in [0.15, 0.2) is 18.2 Å². The molecule has 0 spiro atoms. The summed E-state index contributed by atoms with van der Waals surface area (Å²) in [5.41, 5.74) is 2.21. The molecule has 4 amide bonds. The van der Waals surface area contributed by atoms with Crippen LogP contribution in [0.4, 0.5) is 16.2 Å². The van der Waals surface area contributed by atoms with Gasteiger partial charge in [-0.05, 0) is 31.0 Å². The normalized spacial score (nSPS) is 21.6. The molecular formula is C26H38N6O4. The number of ether oxygens (including phenoxy) is 1. The number of hydrogen-bond donors (Lipinski definition) is 2. The Balaban J connectivity index is 1.31. The molecule has 196 valence electrons. The number of morpholine rings is 1. The molecule has 4 fully saturated rings. The summed E-state index contributed by atoms with van der Waals surface area (Å²) in [6, 6.07) is 5.75. The van der Waals surface area contributed by atoms with Crippen molar-refractivity contribution in [3.8, 4) is 0 Å². The largest absolute Gasteiger partial charge is 0.378 e. The highest BCUT2D eigenvalue weighted by Gasteiger charge is 2.29. The molecule has 3 heterocycles. The second-order valence-corrected chi connectivity index (χ2v) is 10.1. The highest BCUT2D eigenvalue weighted by atomic mass is 16.5. The SMILES string of the molecule is O=C(Nc1cc(C(=O)N2CCNCC2)ccc1N1CCN(C(=O)N2CCOCC2)CC1)C1CCCC1. The summed E-state index contributed by atoms with van der Waals surface area (Å²) in [5, 5.41) is 6.45. The number of urea groups is 1. The highest BCUT2D eigenvalue weighted by molar-refractivity contribution is 6.00. The number of hydrogen-bond acceptors (Lipinski definition) is 6. The van der Waals surface area contributed by atoms with E-state index in [0.29, 0.717) is 76.8 Å². The van der Waals surface area contributed by atoms with Gasteiger partial charge in [-0.25, -0.2) is 4.79 Å². The van der Waals surface area contributed by atoms with Crippen molar-refractivity contribution >= 4 is 29.2 Å². The monoisotopic (exact) mass is 498 g/mol. The first kappa shape index (κ1) is 24.8. The van der Waals surface area contributed by atoms with E-state index in [1.54, 1.807) is 0 Å². The molecule has 36 heavy (non-hydrogen) atoms. The zero-order valence-corrected chi connectivity index (χ0v) is 21.0. The van der Waals surface area contributed by atoms with Gasteiger partial charge >= 0.3 is 6.03 Å². The standard InChI is InChI=1S/C26H38N6O4/c33-24(20-3-1-2-4-20)28-22-19-21(25(34)30-9-7-27-8-10-30)5-6-23(22)29-11-13-31(14-12-29)26(35)32-15-17-36-18-16-32/h5-6,19-20,27H,1-4,7-18H2,(H,28,33).